The van der Waals surface area contributed by atoms with Gasteiger partial charge in [-0.3, -0.25) is 4.57 Å². The van der Waals surface area contributed by atoms with Crippen molar-refractivity contribution in [3.8, 4) is 0 Å². The molecule has 1 aromatic heterocycles. The zero-order valence-electron chi connectivity index (χ0n) is 9.26. The van der Waals surface area contributed by atoms with Gasteiger partial charge < -0.3 is 10.3 Å². The molecule has 84 valence electrons. The molecule has 0 aliphatic rings. The van der Waals surface area contributed by atoms with E-state index in [0.29, 0.717) is 6.54 Å². The highest BCUT2D eigenvalue weighted by Gasteiger charge is 1.99. The molecule has 1 heterocycles. The lowest BCUT2D eigenvalue weighted by Crippen LogP contribution is -2.22. The van der Waals surface area contributed by atoms with Gasteiger partial charge in [-0.25, -0.2) is 4.79 Å². The second-order valence-electron chi connectivity index (χ2n) is 3.88. The van der Waals surface area contributed by atoms with E-state index in [9.17, 15) is 4.79 Å². The maximum absolute atomic E-state index is 11.6. The number of hydrogen-bond donors (Lipinski definition) is 1. The molecule has 0 saturated heterocycles. The van der Waals surface area contributed by atoms with Crippen LogP contribution in [-0.2, 0) is 20.0 Å². The Morgan fingerprint density at radius 3 is 2.44 bits per heavy atom. The zero-order chi connectivity index (χ0) is 11.5. The SMILES string of the molecule is Cn1ccn(CCc2ccc(N)cc2)c1=O. The number of nitrogens with two attached hydrogens (primary N) is 1. The molecule has 0 fully saturated rings. The number of imidazole rings is 1. The van der Waals surface area contributed by atoms with Gasteiger partial charge in [-0.05, 0) is 24.1 Å². The summed E-state index contributed by atoms with van der Waals surface area (Å²) < 4.78 is 3.28. The fourth-order valence-corrected chi connectivity index (χ4v) is 1.61. The van der Waals surface area contributed by atoms with Gasteiger partial charge in [0.1, 0.15) is 0 Å². The second kappa shape index (κ2) is 4.26. The highest BCUT2D eigenvalue weighted by molar-refractivity contribution is 5.39. The van der Waals surface area contributed by atoms with E-state index in [1.165, 1.54) is 5.56 Å². The Bertz CT molecular complexity index is 522. The summed E-state index contributed by atoms with van der Waals surface area (Å²) in [5, 5.41) is 0. The Balaban J connectivity index is 2.05. The van der Waals surface area contributed by atoms with E-state index >= 15 is 0 Å². The van der Waals surface area contributed by atoms with Crippen LogP contribution in [0.25, 0.3) is 0 Å². The molecule has 0 saturated carbocycles. The van der Waals surface area contributed by atoms with Crippen molar-refractivity contribution in [3.05, 3.63) is 52.7 Å². The van der Waals surface area contributed by atoms with Gasteiger partial charge >= 0.3 is 5.69 Å². The number of rotatable bonds is 3. The first kappa shape index (κ1) is 10.5. The molecule has 16 heavy (non-hydrogen) atoms. The smallest absolute Gasteiger partial charge is 0.327 e. The molecule has 0 radical (unpaired) electrons. The number of hydrogen-bond acceptors (Lipinski definition) is 2. The molecule has 0 spiro atoms. The van der Waals surface area contributed by atoms with Crippen LogP contribution in [0.2, 0.25) is 0 Å². The molecule has 2 aromatic rings. The molecule has 2 rings (SSSR count). The van der Waals surface area contributed by atoms with Crippen molar-refractivity contribution in [2.24, 2.45) is 7.05 Å². The van der Waals surface area contributed by atoms with Crippen LogP contribution in [0.4, 0.5) is 5.69 Å². The largest absolute Gasteiger partial charge is 0.399 e. The Hall–Kier alpha value is -1.97. The number of nitrogens with zero attached hydrogens (tertiary/aromatic N) is 2. The Kier molecular flexibility index (Phi) is 2.81. The number of anilines is 1. The van der Waals surface area contributed by atoms with E-state index in [0.717, 1.165) is 12.1 Å². The number of aryl methyl sites for hydroxylation is 3. The Morgan fingerprint density at radius 1 is 1.19 bits per heavy atom. The maximum atomic E-state index is 11.6. The Labute approximate surface area is 93.9 Å². The van der Waals surface area contributed by atoms with Gasteiger partial charge in [0.05, 0.1) is 0 Å². The standard InChI is InChI=1S/C12H15N3O/c1-14-8-9-15(12(14)16)7-6-10-2-4-11(13)5-3-10/h2-5,8-9H,6-7,13H2,1H3. The monoisotopic (exact) mass is 217 g/mol. The average molecular weight is 217 g/mol. The normalized spacial score (nSPS) is 10.6. The van der Waals surface area contributed by atoms with Crippen molar-refractivity contribution >= 4 is 5.69 Å². The first-order chi connectivity index (χ1) is 7.66. The summed E-state index contributed by atoms with van der Waals surface area (Å²) in [5.74, 6) is 0. The molecular formula is C12H15N3O. The van der Waals surface area contributed by atoms with Gasteiger partial charge in [0.25, 0.3) is 0 Å². The third kappa shape index (κ3) is 2.16. The van der Waals surface area contributed by atoms with E-state index in [1.807, 2.05) is 24.3 Å². The third-order valence-electron chi connectivity index (χ3n) is 2.64. The molecule has 4 heteroatoms. The highest BCUT2D eigenvalue weighted by atomic mass is 16.1. The summed E-state index contributed by atoms with van der Waals surface area (Å²) in [6.07, 6.45) is 4.41. The lowest BCUT2D eigenvalue weighted by molar-refractivity contribution is 0.650. The minimum absolute atomic E-state index is 0.0236. The molecular weight excluding hydrogens is 202 g/mol. The van der Waals surface area contributed by atoms with Gasteiger partial charge in [-0.1, -0.05) is 12.1 Å². The van der Waals surface area contributed by atoms with Crippen molar-refractivity contribution in [1.29, 1.82) is 0 Å². The van der Waals surface area contributed by atoms with E-state index in [-0.39, 0.29) is 5.69 Å². The molecule has 0 atom stereocenters. The second-order valence-corrected chi connectivity index (χ2v) is 3.88. The summed E-state index contributed by atoms with van der Waals surface area (Å²) in [4.78, 5) is 11.6. The lowest BCUT2D eigenvalue weighted by Gasteiger charge is -2.02. The quantitative estimate of drug-likeness (QED) is 0.780. The molecule has 0 amide bonds. The van der Waals surface area contributed by atoms with Crippen LogP contribution in [-0.4, -0.2) is 9.13 Å². The van der Waals surface area contributed by atoms with Crippen molar-refractivity contribution in [3.63, 3.8) is 0 Å². The molecule has 0 aliphatic heterocycles. The van der Waals surface area contributed by atoms with Crippen LogP contribution < -0.4 is 11.4 Å². The van der Waals surface area contributed by atoms with Gasteiger partial charge in [-0.15, -0.1) is 0 Å². The van der Waals surface area contributed by atoms with E-state index in [4.69, 9.17) is 5.73 Å². The average Bonchev–Trinajstić information content (AvgIpc) is 2.60. The van der Waals surface area contributed by atoms with Crippen molar-refractivity contribution < 1.29 is 0 Å². The maximum Gasteiger partial charge on any atom is 0.327 e. The van der Waals surface area contributed by atoms with Crippen LogP contribution in [0.3, 0.4) is 0 Å². The molecule has 4 nitrogen and oxygen atoms in total. The lowest BCUT2D eigenvalue weighted by atomic mass is 10.1. The zero-order valence-corrected chi connectivity index (χ0v) is 9.26. The van der Waals surface area contributed by atoms with Crippen molar-refractivity contribution in [2.45, 2.75) is 13.0 Å². The predicted molar refractivity (Wildman–Crippen MR) is 64.2 cm³/mol. The van der Waals surface area contributed by atoms with Crippen LogP contribution in [0.1, 0.15) is 5.56 Å². The molecule has 0 unspecified atom stereocenters. The molecule has 0 aliphatic carbocycles. The van der Waals surface area contributed by atoms with Gasteiger partial charge in [0.2, 0.25) is 0 Å². The minimum atomic E-state index is 0.0236. The van der Waals surface area contributed by atoms with Crippen LogP contribution in [0.15, 0.2) is 41.5 Å². The topological polar surface area (TPSA) is 52.9 Å². The van der Waals surface area contributed by atoms with Crippen molar-refractivity contribution in [1.82, 2.24) is 9.13 Å². The number of nitrogen functional groups attached to an aromatic ring is 1. The first-order valence-electron chi connectivity index (χ1n) is 5.23. The fraction of sp³-hybridized carbons (Fsp3) is 0.250. The van der Waals surface area contributed by atoms with Gasteiger partial charge in [-0.2, -0.15) is 0 Å². The van der Waals surface area contributed by atoms with Gasteiger partial charge in [0, 0.05) is 31.7 Å². The molecule has 2 N–H and O–H groups in total. The van der Waals surface area contributed by atoms with Crippen molar-refractivity contribution in [2.75, 3.05) is 5.73 Å². The summed E-state index contributed by atoms with van der Waals surface area (Å²) in [5.41, 5.74) is 7.58. The van der Waals surface area contributed by atoms with Crippen LogP contribution in [0, 0.1) is 0 Å². The Morgan fingerprint density at radius 2 is 1.88 bits per heavy atom. The summed E-state index contributed by atoms with van der Waals surface area (Å²) in [6, 6.07) is 7.73. The van der Waals surface area contributed by atoms with E-state index in [2.05, 4.69) is 0 Å². The van der Waals surface area contributed by atoms with Crippen LogP contribution >= 0.6 is 0 Å². The van der Waals surface area contributed by atoms with E-state index in [1.54, 1.807) is 28.6 Å². The summed E-state index contributed by atoms with van der Waals surface area (Å²) >= 11 is 0. The third-order valence-corrected chi connectivity index (χ3v) is 2.64. The minimum Gasteiger partial charge on any atom is -0.399 e. The summed E-state index contributed by atoms with van der Waals surface area (Å²) in [7, 11) is 1.75. The molecule has 1 aromatic carbocycles. The number of aromatic nitrogens is 2. The van der Waals surface area contributed by atoms with E-state index < -0.39 is 0 Å². The number of benzene rings is 1. The molecule has 0 bridgehead atoms. The fourth-order valence-electron chi connectivity index (χ4n) is 1.61. The highest BCUT2D eigenvalue weighted by Crippen LogP contribution is 2.06. The van der Waals surface area contributed by atoms with Crippen LogP contribution in [0.5, 0.6) is 0 Å². The van der Waals surface area contributed by atoms with Gasteiger partial charge in [0.15, 0.2) is 0 Å². The first-order valence-corrected chi connectivity index (χ1v) is 5.23. The summed E-state index contributed by atoms with van der Waals surface area (Å²) in [6.45, 7) is 0.698. The predicted octanol–water partition coefficient (Wildman–Crippen LogP) is 1.01.